The molecule has 0 saturated carbocycles. The van der Waals surface area contributed by atoms with Crippen molar-refractivity contribution in [3.63, 3.8) is 0 Å². The molecule has 0 saturated heterocycles. The smallest absolute Gasteiger partial charge is 0.241 e. The first-order valence-electron chi connectivity index (χ1n) is 7.72. The van der Waals surface area contributed by atoms with Gasteiger partial charge in [0.15, 0.2) is 0 Å². The predicted octanol–water partition coefficient (Wildman–Crippen LogP) is 3.60. The molecular weight excluding hydrogens is 339 g/mol. The molecule has 1 aromatic heterocycles. The lowest BCUT2D eigenvalue weighted by atomic mass is 10.0. The van der Waals surface area contributed by atoms with Crippen LogP contribution in [0, 0.1) is 12.7 Å². The number of hydrogen-bond acceptors (Lipinski definition) is 3. The van der Waals surface area contributed by atoms with E-state index in [1.54, 1.807) is 31.3 Å². The molecule has 0 aliphatic carbocycles. The van der Waals surface area contributed by atoms with Crippen LogP contribution in [0.15, 0.2) is 77.8 Å². The first-order chi connectivity index (χ1) is 12.0. The highest BCUT2D eigenvalue weighted by molar-refractivity contribution is 7.89. The molecule has 0 amide bonds. The molecule has 1 heterocycles. The summed E-state index contributed by atoms with van der Waals surface area (Å²) in [5, 5.41) is 0. The molecule has 0 aliphatic heterocycles. The van der Waals surface area contributed by atoms with Gasteiger partial charge in [-0.1, -0.05) is 36.4 Å². The molecular formula is C19H17FN2O2S. The third-order valence-corrected chi connectivity index (χ3v) is 5.40. The molecule has 1 unspecified atom stereocenters. The molecule has 6 heteroatoms. The number of hydrogen-bond donors (Lipinski definition) is 1. The van der Waals surface area contributed by atoms with Crippen LogP contribution in [-0.2, 0) is 10.0 Å². The van der Waals surface area contributed by atoms with Crippen molar-refractivity contribution in [2.75, 3.05) is 0 Å². The van der Waals surface area contributed by atoms with E-state index in [-0.39, 0.29) is 4.90 Å². The summed E-state index contributed by atoms with van der Waals surface area (Å²) in [6, 6.07) is 17.5. The van der Waals surface area contributed by atoms with E-state index in [1.807, 2.05) is 30.3 Å². The zero-order valence-corrected chi connectivity index (χ0v) is 14.4. The third-order valence-electron chi connectivity index (χ3n) is 3.82. The van der Waals surface area contributed by atoms with Crippen LogP contribution in [0.25, 0.3) is 0 Å². The van der Waals surface area contributed by atoms with Crippen LogP contribution in [0.5, 0.6) is 0 Å². The minimum atomic E-state index is -3.86. The summed E-state index contributed by atoms with van der Waals surface area (Å²) in [4.78, 5) is 4.33. The average molecular weight is 356 g/mol. The first kappa shape index (κ1) is 17.3. The Morgan fingerprint density at radius 3 is 2.36 bits per heavy atom. The Hall–Kier alpha value is -2.57. The number of rotatable bonds is 5. The molecule has 2 aromatic carbocycles. The van der Waals surface area contributed by atoms with Crippen LogP contribution in [0.3, 0.4) is 0 Å². The van der Waals surface area contributed by atoms with Gasteiger partial charge in [-0.15, -0.1) is 0 Å². The van der Waals surface area contributed by atoms with Gasteiger partial charge in [-0.2, -0.15) is 4.72 Å². The van der Waals surface area contributed by atoms with E-state index in [0.717, 1.165) is 11.6 Å². The van der Waals surface area contributed by atoms with Gasteiger partial charge in [0.05, 0.1) is 16.6 Å². The van der Waals surface area contributed by atoms with Crippen LogP contribution in [0.2, 0.25) is 0 Å². The number of nitrogens with zero attached hydrogens (tertiary/aromatic N) is 1. The Morgan fingerprint density at radius 1 is 1.00 bits per heavy atom. The minimum absolute atomic E-state index is 0.0470. The van der Waals surface area contributed by atoms with E-state index in [4.69, 9.17) is 0 Å². The van der Waals surface area contributed by atoms with E-state index in [2.05, 4.69) is 9.71 Å². The summed E-state index contributed by atoms with van der Waals surface area (Å²) < 4.78 is 41.7. The Kier molecular flexibility index (Phi) is 4.92. The van der Waals surface area contributed by atoms with Crippen LogP contribution >= 0.6 is 0 Å². The molecule has 25 heavy (non-hydrogen) atoms. The molecule has 3 aromatic rings. The van der Waals surface area contributed by atoms with Gasteiger partial charge in [-0.05, 0) is 48.4 Å². The molecule has 0 bridgehead atoms. The lowest BCUT2D eigenvalue weighted by Gasteiger charge is -2.19. The van der Waals surface area contributed by atoms with Crippen LogP contribution < -0.4 is 4.72 Å². The molecule has 4 nitrogen and oxygen atoms in total. The zero-order chi connectivity index (χ0) is 17.9. The first-order valence-corrected chi connectivity index (χ1v) is 9.20. The molecule has 1 N–H and O–H groups in total. The summed E-state index contributed by atoms with van der Waals surface area (Å²) in [6.45, 7) is 1.57. The summed E-state index contributed by atoms with van der Waals surface area (Å²) >= 11 is 0. The third kappa shape index (κ3) is 3.92. The van der Waals surface area contributed by atoms with Gasteiger partial charge >= 0.3 is 0 Å². The molecule has 128 valence electrons. The molecule has 1 atom stereocenters. The highest BCUT2D eigenvalue weighted by atomic mass is 32.2. The van der Waals surface area contributed by atoms with Gasteiger partial charge in [0.25, 0.3) is 0 Å². The zero-order valence-electron chi connectivity index (χ0n) is 13.6. The fourth-order valence-corrected chi connectivity index (χ4v) is 4.05. The molecule has 0 radical (unpaired) electrons. The second-order valence-electron chi connectivity index (χ2n) is 5.63. The number of halogens is 1. The largest absolute Gasteiger partial charge is 0.259 e. The van der Waals surface area contributed by atoms with Crippen LogP contribution in [-0.4, -0.2) is 13.4 Å². The van der Waals surface area contributed by atoms with Gasteiger partial charge in [0.2, 0.25) is 10.0 Å². The minimum Gasteiger partial charge on any atom is -0.259 e. The van der Waals surface area contributed by atoms with E-state index >= 15 is 0 Å². The van der Waals surface area contributed by atoms with Crippen molar-refractivity contribution in [3.05, 3.63) is 95.6 Å². The Morgan fingerprint density at radius 2 is 1.72 bits per heavy atom. The van der Waals surface area contributed by atoms with E-state index in [1.165, 1.54) is 12.1 Å². The predicted molar refractivity (Wildman–Crippen MR) is 94.0 cm³/mol. The summed E-state index contributed by atoms with van der Waals surface area (Å²) in [6.07, 6.45) is 1.61. The van der Waals surface area contributed by atoms with Crippen molar-refractivity contribution in [1.29, 1.82) is 0 Å². The highest BCUT2D eigenvalue weighted by Gasteiger charge is 2.25. The number of pyridine rings is 1. The molecule has 0 aliphatic rings. The second-order valence-corrected chi connectivity index (χ2v) is 7.31. The van der Waals surface area contributed by atoms with Crippen molar-refractivity contribution in [3.8, 4) is 0 Å². The van der Waals surface area contributed by atoms with Gasteiger partial charge in [-0.25, -0.2) is 12.8 Å². The van der Waals surface area contributed by atoms with E-state index < -0.39 is 21.9 Å². The maximum Gasteiger partial charge on any atom is 0.241 e. The van der Waals surface area contributed by atoms with Crippen molar-refractivity contribution < 1.29 is 12.8 Å². The highest BCUT2D eigenvalue weighted by Crippen LogP contribution is 2.24. The van der Waals surface area contributed by atoms with Crippen molar-refractivity contribution in [2.24, 2.45) is 0 Å². The number of aryl methyl sites for hydroxylation is 1. The SMILES string of the molecule is Cc1cc(F)ccc1S(=O)(=O)NC(c1ccccc1)c1ccccn1. The summed E-state index contributed by atoms with van der Waals surface area (Å²) in [5.41, 5.74) is 1.70. The number of nitrogens with one attached hydrogen (secondary N) is 1. The number of aromatic nitrogens is 1. The lowest BCUT2D eigenvalue weighted by molar-refractivity contribution is 0.568. The van der Waals surface area contributed by atoms with Gasteiger partial charge in [0.1, 0.15) is 5.82 Å². The van der Waals surface area contributed by atoms with Gasteiger partial charge in [-0.3, -0.25) is 4.98 Å². The second kappa shape index (κ2) is 7.13. The van der Waals surface area contributed by atoms with Crippen molar-refractivity contribution in [1.82, 2.24) is 9.71 Å². The average Bonchev–Trinajstić information content (AvgIpc) is 2.61. The fraction of sp³-hybridized carbons (Fsp3) is 0.105. The van der Waals surface area contributed by atoms with Gasteiger partial charge < -0.3 is 0 Å². The van der Waals surface area contributed by atoms with Crippen LogP contribution in [0.4, 0.5) is 4.39 Å². The topological polar surface area (TPSA) is 59.1 Å². The van der Waals surface area contributed by atoms with E-state index in [9.17, 15) is 12.8 Å². The summed E-state index contributed by atoms with van der Waals surface area (Å²) in [7, 11) is -3.86. The fourth-order valence-electron chi connectivity index (χ4n) is 2.62. The van der Waals surface area contributed by atoms with Crippen molar-refractivity contribution >= 4 is 10.0 Å². The standard InChI is InChI=1S/C19H17FN2O2S/c1-14-13-16(20)10-11-18(14)25(23,24)22-19(15-7-3-2-4-8-15)17-9-5-6-12-21-17/h2-13,19,22H,1H3. The number of sulfonamides is 1. The number of benzene rings is 2. The maximum absolute atomic E-state index is 13.3. The monoisotopic (exact) mass is 356 g/mol. The normalized spacial score (nSPS) is 12.7. The molecule has 0 fully saturated rings. The van der Waals surface area contributed by atoms with Gasteiger partial charge in [0, 0.05) is 6.20 Å². The van der Waals surface area contributed by atoms with E-state index in [0.29, 0.717) is 11.3 Å². The van der Waals surface area contributed by atoms with Crippen molar-refractivity contribution in [2.45, 2.75) is 17.9 Å². The molecule has 3 rings (SSSR count). The maximum atomic E-state index is 13.3. The quantitative estimate of drug-likeness (QED) is 0.760. The Labute approximate surface area is 146 Å². The Balaban J connectivity index is 2.03. The molecule has 0 spiro atoms. The summed E-state index contributed by atoms with van der Waals surface area (Å²) in [5.74, 6) is -0.471. The Bertz CT molecular complexity index is 922. The van der Waals surface area contributed by atoms with Crippen LogP contribution in [0.1, 0.15) is 22.9 Å². The lowest BCUT2D eigenvalue weighted by Crippen LogP contribution is -2.30.